The van der Waals surface area contributed by atoms with Gasteiger partial charge in [-0.3, -0.25) is 4.90 Å². The Morgan fingerprint density at radius 2 is 2.28 bits per heavy atom. The number of aliphatic hydroxyl groups excluding tert-OH is 1. The summed E-state index contributed by atoms with van der Waals surface area (Å²) in [4.78, 5) is 2.13. The molecule has 2 heterocycles. The molecular weight excluding hydrogens is 234 g/mol. The first-order valence-electron chi connectivity index (χ1n) is 6.03. The van der Waals surface area contributed by atoms with Gasteiger partial charge >= 0.3 is 0 Å². The Morgan fingerprint density at radius 3 is 2.94 bits per heavy atom. The molecule has 2 rings (SSSR count). The molecule has 0 aromatic carbocycles. The van der Waals surface area contributed by atoms with Crippen LogP contribution < -0.4 is 0 Å². The van der Waals surface area contributed by atoms with Gasteiger partial charge in [0.1, 0.15) is 0 Å². The maximum absolute atomic E-state index is 8.82. The highest BCUT2D eigenvalue weighted by atomic mass is 16.4. The Bertz CT molecular complexity index is 453. The van der Waals surface area contributed by atoms with Crippen LogP contribution in [-0.4, -0.2) is 39.9 Å². The first-order chi connectivity index (χ1) is 8.83. The summed E-state index contributed by atoms with van der Waals surface area (Å²) in [5.74, 6) is 1.53. The minimum Gasteiger partial charge on any atom is -0.459 e. The van der Waals surface area contributed by atoms with Crippen molar-refractivity contribution in [3.63, 3.8) is 0 Å². The zero-order chi connectivity index (χ0) is 12.8. The van der Waals surface area contributed by atoms with Crippen LogP contribution in [0.2, 0.25) is 0 Å². The van der Waals surface area contributed by atoms with Gasteiger partial charge in [-0.05, 0) is 25.1 Å². The van der Waals surface area contributed by atoms with Gasteiger partial charge < -0.3 is 13.9 Å². The number of aromatic nitrogens is 2. The molecule has 0 amide bonds. The van der Waals surface area contributed by atoms with Crippen molar-refractivity contribution in [2.45, 2.75) is 19.9 Å². The van der Waals surface area contributed by atoms with Crippen LogP contribution in [0.3, 0.4) is 0 Å². The van der Waals surface area contributed by atoms with E-state index in [9.17, 15) is 0 Å². The van der Waals surface area contributed by atoms with Crippen LogP contribution in [0.4, 0.5) is 0 Å². The third-order valence-corrected chi connectivity index (χ3v) is 2.64. The fraction of sp³-hybridized carbons (Fsp3) is 0.500. The van der Waals surface area contributed by atoms with E-state index in [2.05, 4.69) is 22.0 Å². The molecule has 0 radical (unpaired) electrons. The number of furan rings is 1. The van der Waals surface area contributed by atoms with Crippen LogP contribution in [-0.2, 0) is 6.54 Å². The lowest BCUT2D eigenvalue weighted by molar-refractivity contribution is 0.212. The van der Waals surface area contributed by atoms with E-state index in [1.807, 2.05) is 0 Å². The van der Waals surface area contributed by atoms with Crippen molar-refractivity contribution in [1.82, 2.24) is 15.1 Å². The van der Waals surface area contributed by atoms with Crippen LogP contribution in [0.15, 0.2) is 27.2 Å². The van der Waals surface area contributed by atoms with E-state index in [0.29, 0.717) is 24.1 Å². The van der Waals surface area contributed by atoms with Crippen molar-refractivity contribution in [1.29, 1.82) is 0 Å². The van der Waals surface area contributed by atoms with Gasteiger partial charge in [0.2, 0.25) is 5.89 Å². The summed E-state index contributed by atoms with van der Waals surface area (Å²) in [6.45, 7) is 4.52. The van der Waals surface area contributed by atoms with Gasteiger partial charge in [-0.1, -0.05) is 6.92 Å². The Balaban J connectivity index is 1.97. The fourth-order valence-electron chi connectivity index (χ4n) is 1.65. The minimum atomic E-state index is 0.192. The molecule has 0 aliphatic rings. The predicted molar refractivity (Wildman–Crippen MR) is 64.7 cm³/mol. The third kappa shape index (κ3) is 3.18. The maximum Gasteiger partial charge on any atom is 0.283 e. The molecule has 0 aliphatic heterocycles. The molecule has 0 fully saturated rings. The van der Waals surface area contributed by atoms with Gasteiger partial charge in [-0.15, -0.1) is 10.2 Å². The summed E-state index contributed by atoms with van der Waals surface area (Å²) in [7, 11) is 0. The van der Waals surface area contributed by atoms with Gasteiger partial charge in [0.25, 0.3) is 5.89 Å². The topological polar surface area (TPSA) is 75.5 Å². The predicted octanol–water partition coefficient (Wildman–Crippen LogP) is 1.53. The Hall–Kier alpha value is -1.66. The number of aliphatic hydroxyl groups is 1. The maximum atomic E-state index is 8.82. The van der Waals surface area contributed by atoms with Crippen molar-refractivity contribution < 1.29 is 13.9 Å². The largest absolute Gasteiger partial charge is 0.459 e. The summed E-state index contributed by atoms with van der Waals surface area (Å²) in [6.07, 6.45) is 2.31. The van der Waals surface area contributed by atoms with Crippen molar-refractivity contribution in [2.24, 2.45) is 0 Å². The molecule has 0 saturated carbocycles. The molecule has 0 atom stereocenters. The SMILES string of the molecule is CCN(CCCO)Cc1nnc(-c2ccco2)o1. The van der Waals surface area contributed by atoms with Gasteiger partial charge in [0.05, 0.1) is 12.8 Å². The van der Waals surface area contributed by atoms with E-state index < -0.39 is 0 Å². The van der Waals surface area contributed by atoms with Crippen molar-refractivity contribution in [3.8, 4) is 11.7 Å². The molecule has 0 bridgehead atoms. The summed E-state index contributed by atoms with van der Waals surface area (Å²) < 4.78 is 10.7. The van der Waals surface area contributed by atoms with E-state index in [0.717, 1.165) is 19.5 Å². The molecule has 0 aliphatic carbocycles. The van der Waals surface area contributed by atoms with Crippen molar-refractivity contribution >= 4 is 0 Å². The minimum absolute atomic E-state index is 0.192. The van der Waals surface area contributed by atoms with Crippen LogP contribution in [0.1, 0.15) is 19.2 Å². The fourth-order valence-corrected chi connectivity index (χ4v) is 1.65. The zero-order valence-electron chi connectivity index (χ0n) is 10.4. The Morgan fingerprint density at radius 1 is 1.39 bits per heavy atom. The van der Waals surface area contributed by atoms with E-state index in [-0.39, 0.29) is 6.61 Å². The van der Waals surface area contributed by atoms with Crippen molar-refractivity contribution in [3.05, 3.63) is 24.3 Å². The second-order valence-corrected chi connectivity index (χ2v) is 3.92. The van der Waals surface area contributed by atoms with Gasteiger partial charge in [-0.25, -0.2) is 0 Å². The summed E-state index contributed by atoms with van der Waals surface area (Å²) in [5.41, 5.74) is 0. The quantitative estimate of drug-likeness (QED) is 0.804. The van der Waals surface area contributed by atoms with E-state index in [1.165, 1.54) is 0 Å². The Labute approximate surface area is 105 Å². The molecule has 1 N–H and O–H groups in total. The van der Waals surface area contributed by atoms with Crippen LogP contribution in [0.5, 0.6) is 0 Å². The molecule has 0 unspecified atom stereocenters. The highest BCUT2D eigenvalue weighted by Gasteiger charge is 2.13. The molecule has 6 nitrogen and oxygen atoms in total. The number of nitrogens with zero attached hydrogens (tertiary/aromatic N) is 3. The van der Waals surface area contributed by atoms with E-state index >= 15 is 0 Å². The molecule has 0 spiro atoms. The Kier molecular flexibility index (Phi) is 4.49. The van der Waals surface area contributed by atoms with Gasteiger partial charge in [0, 0.05) is 13.2 Å². The number of rotatable bonds is 7. The standard InChI is InChI=1S/C12H17N3O3/c1-2-15(6-4-7-16)9-11-13-14-12(18-11)10-5-3-8-17-10/h3,5,8,16H,2,4,6-7,9H2,1H3. The molecule has 0 saturated heterocycles. The van der Waals surface area contributed by atoms with Gasteiger partial charge in [-0.2, -0.15) is 0 Å². The average molecular weight is 251 g/mol. The lowest BCUT2D eigenvalue weighted by Gasteiger charge is -2.17. The summed E-state index contributed by atoms with van der Waals surface area (Å²) in [6, 6.07) is 3.56. The average Bonchev–Trinajstić information content (AvgIpc) is 3.04. The molecular formula is C12H17N3O3. The molecule has 6 heteroatoms. The molecule has 18 heavy (non-hydrogen) atoms. The lowest BCUT2D eigenvalue weighted by Crippen LogP contribution is -2.24. The van der Waals surface area contributed by atoms with Crippen LogP contribution in [0, 0.1) is 0 Å². The third-order valence-electron chi connectivity index (χ3n) is 2.64. The second kappa shape index (κ2) is 6.32. The van der Waals surface area contributed by atoms with Crippen LogP contribution >= 0.6 is 0 Å². The molecule has 2 aromatic heterocycles. The monoisotopic (exact) mass is 251 g/mol. The lowest BCUT2D eigenvalue weighted by atomic mass is 10.4. The second-order valence-electron chi connectivity index (χ2n) is 3.92. The molecule has 2 aromatic rings. The number of hydrogen-bond acceptors (Lipinski definition) is 6. The zero-order valence-corrected chi connectivity index (χ0v) is 10.4. The molecule has 98 valence electrons. The van der Waals surface area contributed by atoms with Gasteiger partial charge in [0.15, 0.2) is 5.76 Å². The van der Waals surface area contributed by atoms with Crippen molar-refractivity contribution in [2.75, 3.05) is 19.7 Å². The van der Waals surface area contributed by atoms with E-state index in [1.54, 1.807) is 18.4 Å². The van der Waals surface area contributed by atoms with Crippen LogP contribution in [0.25, 0.3) is 11.7 Å². The smallest absolute Gasteiger partial charge is 0.283 e. The van der Waals surface area contributed by atoms with E-state index in [4.69, 9.17) is 13.9 Å². The highest BCUT2D eigenvalue weighted by molar-refractivity contribution is 5.42. The first kappa shape index (κ1) is 12.8. The highest BCUT2D eigenvalue weighted by Crippen LogP contribution is 2.18. The first-order valence-corrected chi connectivity index (χ1v) is 6.03. The number of hydrogen-bond donors (Lipinski definition) is 1. The summed E-state index contributed by atoms with van der Waals surface area (Å²) >= 11 is 0. The summed E-state index contributed by atoms with van der Waals surface area (Å²) in [5, 5.41) is 16.7. The normalized spacial score (nSPS) is 11.3.